The highest BCUT2D eigenvalue weighted by molar-refractivity contribution is 6.16. The number of isocyanates is 1. The number of hydrogen-bond donors (Lipinski definition) is 2. The van der Waals surface area contributed by atoms with Gasteiger partial charge in [0.2, 0.25) is 18.0 Å². The number of hydrogen-bond acceptors (Lipinski definition) is 9. The Bertz CT molecular complexity index is 640. The average Bonchev–Trinajstić information content (AvgIpc) is 2.71. The van der Waals surface area contributed by atoms with Gasteiger partial charge in [0.05, 0.1) is 7.11 Å². The fourth-order valence-corrected chi connectivity index (χ4v) is 1.86. The minimum atomic E-state index is -2.86. The molecule has 9 heteroatoms. The molecule has 1 aliphatic heterocycles. The molecule has 2 atom stereocenters. The molecule has 0 aromatic heterocycles. The molecule has 1 heterocycles. The van der Waals surface area contributed by atoms with Crippen LogP contribution in [-0.2, 0) is 14.4 Å². The monoisotopic (exact) mass is 294 g/mol. The van der Waals surface area contributed by atoms with Crippen molar-refractivity contribution in [2.45, 2.75) is 11.8 Å². The van der Waals surface area contributed by atoms with Crippen molar-refractivity contribution < 1.29 is 34.3 Å². The number of benzene rings is 1. The number of hydroxylamine groups is 2. The summed E-state index contributed by atoms with van der Waals surface area (Å²) in [7, 11) is 1.37. The SMILES string of the molecule is COc1cccc(C(=O)C2(O)C(=O)ON(O)C2N=C=O)c1. The summed E-state index contributed by atoms with van der Waals surface area (Å²) in [5, 5.41) is 19.4. The predicted octanol–water partition coefficient (Wildman–Crippen LogP) is -0.566. The molecule has 110 valence electrons. The Morgan fingerprint density at radius 1 is 1.57 bits per heavy atom. The molecular formula is C12H10N2O7. The molecule has 2 rings (SSSR count). The van der Waals surface area contributed by atoms with Crippen LogP contribution in [0.15, 0.2) is 29.3 Å². The van der Waals surface area contributed by atoms with Gasteiger partial charge in [-0.3, -0.25) is 10.0 Å². The van der Waals surface area contributed by atoms with Crippen molar-refractivity contribution in [3.63, 3.8) is 0 Å². The second-order valence-electron chi connectivity index (χ2n) is 4.10. The van der Waals surface area contributed by atoms with E-state index in [1.165, 1.54) is 25.3 Å². The Balaban J connectivity index is 2.47. The van der Waals surface area contributed by atoms with Crippen molar-refractivity contribution in [2.24, 2.45) is 4.99 Å². The minimum absolute atomic E-state index is 0.0878. The summed E-state index contributed by atoms with van der Waals surface area (Å²) in [6.45, 7) is 0. The van der Waals surface area contributed by atoms with Gasteiger partial charge >= 0.3 is 5.97 Å². The summed E-state index contributed by atoms with van der Waals surface area (Å²) < 4.78 is 4.93. The number of ether oxygens (including phenoxy) is 1. The van der Waals surface area contributed by atoms with Gasteiger partial charge in [-0.05, 0) is 12.1 Å². The number of methoxy groups -OCH3 is 1. The lowest BCUT2D eigenvalue weighted by Crippen LogP contribution is -2.52. The van der Waals surface area contributed by atoms with Crippen LogP contribution in [0.25, 0.3) is 0 Å². The Morgan fingerprint density at radius 3 is 2.90 bits per heavy atom. The summed E-state index contributed by atoms with van der Waals surface area (Å²) >= 11 is 0. The number of aliphatic hydroxyl groups is 1. The smallest absolute Gasteiger partial charge is 0.371 e. The van der Waals surface area contributed by atoms with Crippen LogP contribution in [0.1, 0.15) is 10.4 Å². The van der Waals surface area contributed by atoms with Crippen molar-refractivity contribution in [3.8, 4) is 5.75 Å². The van der Waals surface area contributed by atoms with Crippen molar-refractivity contribution in [1.82, 2.24) is 5.23 Å². The summed E-state index contributed by atoms with van der Waals surface area (Å²) in [5.41, 5.74) is -2.95. The molecule has 9 nitrogen and oxygen atoms in total. The Hall–Kier alpha value is -2.58. The zero-order chi connectivity index (χ0) is 15.6. The maximum Gasteiger partial charge on any atom is 0.371 e. The first-order valence-electron chi connectivity index (χ1n) is 5.64. The molecule has 1 aliphatic rings. The van der Waals surface area contributed by atoms with E-state index in [2.05, 4.69) is 9.83 Å². The summed E-state index contributed by atoms with van der Waals surface area (Å²) in [6.07, 6.45) is -0.894. The molecule has 0 aliphatic carbocycles. The molecular weight excluding hydrogens is 284 g/mol. The number of nitrogens with zero attached hydrogens (tertiary/aromatic N) is 2. The molecule has 2 unspecified atom stereocenters. The van der Waals surface area contributed by atoms with E-state index in [0.717, 1.165) is 6.08 Å². The standard InChI is InChI=1S/C12H10N2O7/c1-20-8-4-2-3-7(5-8)9(16)12(18)10(13-6-15)14(19)21-11(12)17/h2-5,10,18-19H,1H3. The molecule has 1 saturated heterocycles. The van der Waals surface area contributed by atoms with Gasteiger partial charge in [0.25, 0.3) is 5.60 Å². The van der Waals surface area contributed by atoms with E-state index in [9.17, 15) is 24.7 Å². The highest BCUT2D eigenvalue weighted by Gasteiger charge is 2.62. The normalized spacial score (nSPS) is 25.1. The second kappa shape index (κ2) is 5.43. The Kier molecular flexibility index (Phi) is 3.83. The first kappa shape index (κ1) is 14.8. The molecule has 1 fully saturated rings. The van der Waals surface area contributed by atoms with Gasteiger partial charge in [0, 0.05) is 10.8 Å². The fourth-order valence-electron chi connectivity index (χ4n) is 1.86. The highest BCUT2D eigenvalue weighted by atomic mass is 16.9. The topological polar surface area (TPSA) is 126 Å². The summed E-state index contributed by atoms with van der Waals surface area (Å²) in [4.78, 5) is 41.5. The van der Waals surface area contributed by atoms with Crippen LogP contribution in [0.2, 0.25) is 0 Å². The lowest BCUT2D eigenvalue weighted by atomic mass is 9.90. The van der Waals surface area contributed by atoms with E-state index < -0.39 is 23.5 Å². The third-order valence-corrected chi connectivity index (χ3v) is 2.92. The average molecular weight is 294 g/mol. The molecule has 1 aromatic carbocycles. The van der Waals surface area contributed by atoms with Gasteiger partial charge in [0.1, 0.15) is 5.75 Å². The van der Waals surface area contributed by atoms with Crippen molar-refractivity contribution in [3.05, 3.63) is 29.8 Å². The van der Waals surface area contributed by atoms with Gasteiger partial charge in [-0.1, -0.05) is 12.1 Å². The quantitative estimate of drug-likeness (QED) is 0.327. The fraction of sp³-hybridized carbons (Fsp3) is 0.250. The van der Waals surface area contributed by atoms with E-state index in [1.807, 2.05) is 0 Å². The van der Waals surface area contributed by atoms with Crippen LogP contribution >= 0.6 is 0 Å². The zero-order valence-electron chi connectivity index (χ0n) is 10.7. The number of carbonyl (C=O) groups excluding carboxylic acids is 3. The van der Waals surface area contributed by atoms with Crippen molar-refractivity contribution in [1.29, 1.82) is 0 Å². The van der Waals surface area contributed by atoms with Crippen LogP contribution in [0.3, 0.4) is 0 Å². The van der Waals surface area contributed by atoms with Crippen LogP contribution < -0.4 is 4.74 Å². The first-order valence-corrected chi connectivity index (χ1v) is 5.64. The van der Waals surface area contributed by atoms with Crippen molar-refractivity contribution >= 4 is 17.8 Å². The van der Waals surface area contributed by atoms with E-state index in [0.29, 0.717) is 5.75 Å². The highest BCUT2D eigenvalue weighted by Crippen LogP contribution is 2.30. The number of ketones is 1. The number of aliphatic imine (C=N–C) groups is 1. The van der Waals surface area contributed by atoms with E-state index >= 15 is 0 Å². The first-order chi connectivity index (χ1) is 9.94. The molecule has 0 amide bonds. The molecule has 0 bridgehead atoms. The molecule has 21 heavy (non-hydrogen) atoms. The molecule has 0 saturated carbocycles. The largest absolute Gasteiger partial charge is 0.497 e. The van der Waals surface area contributed by atoms with Crippen molar-refractivity contribution in [2.75, 3.05) is 7.11 Å². The third kappa shape index (κ3) is 2.30. The lowest BCUT2D eigenvalue weighted by molar-refractivity contribution is -0.313. The molecule has 2 N–H and O–H groups in total. The van der Waals surface area contributed by atoms with Crippen LogP contribution in [0.4, 0.5) is 0 Å². The lowest BCUT2D eigenvalue weighted by Gasteiger charge is -2.20. The maximum absolute atomic E-state index is 12.3. The van der Waals surface area contributed by atoms with E-state index in [1.54, 1.807) is 6.07 Å². The summed E-state index contributed by atoms with van der Waals surface area (Å²) in [6, 6.07) is 5.60. The van der Waals surface area contributed by atoms with E-state index in [-0.39, 0.29) is 10.8 Å². The maximum atomic E-state index is 12.3. The Morgan fingerprint density at radius 2 is 2.29 bits per heavy atom. The molecule has 1 aromatic rings. The van der Waals surface area contributed by atoms with Crippen LogP contribution in [-0.4, -0.2) is 52.2 Å². The van der Waals surface area contributed by atoms with Crippen LogP contribution in [0, 0.1) is 0 Å². The van der Waals surface area contributed by atoms with Gasteiger partial charge < -0.3 is 14.7 Å². The van der Waals surface area contributed by atoms with Gasteiger partial charge in [-0.15, -0.1) is 0 Å². The Labute approximate surface area is 117 Å². The third-order valence-electron chi connectivity index (χ3n) is 2.92. The zero-order valence-corrected chi connectivity index (χ0v) is 10.7. The number of rotatable bonds is 4. The van der Waals surface area contributed by atoms with Gasteiger partial charge in [-0.2, -0.15) is 4.99 Å². The van der Waals surface area contributed by atoms with Gasteiger partial charge in [-0.25, -0.2) is 9.59 Å². The number of carbonyl (C=O) groups is 2. The van der Waals surface area contributed by atoms with Crippen LogP contribution in [0.5, 0.6) is 5.75 Å². The minimum Gasteiger partial charge on any atom is -0.497 e. The molecule has 0 radical (unpaired) electrons. The predicted molar refractivity (Wildman–Crippen MR) is 63.9 cm³/mol. The second-order valence-corrected chi connectivity index (χ2v) is 4.10. The summed E-state index contributed by atoms with van der Waals surface area (Å²) in [5.74, 6) is -2.25. The molecule has 0 spiro atoms. The van der Waals surface area contributed by atoms with E-state index in [4.69, 9.17) is 4.74 Å². The number of Topliss-reactive ketones (excluding diaryl/α,β-unsaturated/α-hetero) is 1. The van der Waals surface area contributed by atoms with Gasteiger partial charge in [0.15, 0.2) is 0 Å².